The quantitative estimate of drug-likeness (QED) is 0.873. The number of anilines is 1. The van der Waals surface area contributed by atoms with E-state index in [4.69, 9.17) is 0 Å². The maximum absolute atomic E-state index is 12.1. The highest BCUT2D eigenvalue weighted by Gasteiger charge is 2.15. The van der Waals surface area contributed by atoms with E-state index in [0.717, 1.165) is 29.4 Å². The summed E-state index contributed by atoms with van der Waals surface area (Å²) in [5.41, 5.74) is 3.81. The molecule has 0 aromatic carbocycles. The fourth-order valence-electron chi connectivity index (χ4n) is 2.38. The SMILES string of the molecule is CNc1nc(-c2cc3c([nH]c2=O)CCCC3)cs1. The van der Waals surface area contributed by atoms with Crippen LogP contribution < -0.4 is 10.9 Å². The molecule has 2 aromatic heterocycles. The van der Waals surface area contributed by atoms with Gasteiger partial charge >= 0.3 is 0 Å². The number of thiazole rings is 1. The van der Waals surface area contributed by atoms with Gasteiger partial charge in [-0.15, -0.1) is 11.3 Å². The lowest BCUT2D eigenvalue weighted by molar-refractivity contribution is 0.665. The van der Waals surface area contributed by atoms with Crippen LogP contribution in [0.15, 0.2) is 16.2 Å². The van der Waals surface area contributed by atoms with Crippen LogP contribution in [-0.2, 0) is 12.8 Å². The minimum absolute atomic E-state index is 0.0244. The Morgan fingerprint density at radius 1 is 1.39 bits per heavy atom. The minimum atomic E-state index is -0.0244. The molecule has 0 bridgehead atoms. The number of aromatic amines is 1. The van der Waals surface area contributed by atoms with Crippen LogP contribution in [0.5, 0.6) is 0 Å². The molecule has 1 aliphatic rings. The molecule has 0 atom stereocenters. The molecule has 4 nitrogen and oxygen atoms in total. The van der Waals surface area contributed by atoms with E-state index in [1.165, 1.54) is 29.7 Å². The number of hydrogen-bond donors (Lipinski definition) is 2. The topological polar surface area (TPSA) is 57.8 Å². The molecular weight excluding hydrogens is 246 g/mol. The minimum Gasteiger partial charge on any atom is -0.365 e. The summed E-state index contributed by atoms with van der Waals surface area (Å²) in [5.74, 6) is 0. The highest BCUT2D eigenvalue weighted by atomic mass is 32.1. The standard InChI is InChI=1S/C13H15N3OS/c1-14-13-16-11(7-18-13)9-6-8-4-2-3-5-10(8)15-12(9)17/h6-7H,2-5H2,1H3,(H,14,16)(H,15,17). The Morgan fingerprint density at radius 3 is 3.00 bits per heavy atom. The van der Waals surface area contributed by atoms with Gasteiger partial charge in [-0.1, -0.05) is 0 Å². The van der Waals surface area contributed by atoms with Gasteiger partial charge in [0, 0.05) is 18.1 Å². The number of rotatable bonds is 2. The van der Waals surface area contributed by atoms with Crippen molar-refractivity contribution in [1.29, 1.82) is 0 Å². The average molecular weight is 261 g/mol. The second-order valence-corrected chi connectivity index (χ2v) is 5.37. The number of hydrogen-bond acceptors (Lipinski definition) is 4. The van der Waals surface area contributed by atoms with Crippen molar-refractivity contribution in [3.05, 3.63) is 33.1 Å². The Bertz CT molecular complexity index is 629. The Morgan fingerprint density at radius 2 is 2.22 bits per heavy atom. The normalized spacial score (nSPS) is 14.3. The maximum Gasteiger partial charge on any atom is 0.257 e. The Hall–Kier alpha value is -1.62. The van der Waals surface area contributed by atoms with E-state index in [9.17, 15) is 4.79 Å². The molecule has 5 heteroatoms. The Balaban J connectivity index is 2.09. The van der Waals surface area contributed by atoms with E-state index < -0.39 is 0 Å². The molecule has 3 rings (SSSR count). The molecule has 0 fully saturated rings. The van der Waals surface area contributed by atoms with E-state index in [1.54, 1.807) is 0 Å². The van der Waals surface area contributed by atoms with Crippen LogP contribution in [0.3, 0.4) is 0 Å². The van der Waals surface area contributed by atoms with Gasteiger partial charge in [-0.05, 0) is 37.3 Å². The summed E-state index contributed by atoms with van der Waals surface area (Å²) in [6, 6.07) is 2.02. The van der Waals surface area contributed by atoms with Crippen molar-refractivity contribution in [2.45, 2.75) is 25.7 Å². The third kappa shape index (κ3) is 1.95. The highest BCUT2D eigenvalue weighted by molar-refractivity contribution is 7.14. The number of nitrogens with one attached hydrogen (secondary N) is 2. The van der Waals surface area contributed by atoms with Crippen molar-refractivity contribution < 1.29 is 0 Å². The molecule has 0 amide bonds. The van der Waals surface area contributed by atoms with Crippen LogP contribution in [0.25, 0.3) is 11.3 Å². The van der Waals surface area contributed by atoms with Crippen molar-refractivity contribution in [2.75, 3.05) is 12.4 Å². The van der Waals surface area contributed by atoms with Crippen LogP contribution in [0, 0.1) is 0 Å². The second kappa shape index (κ2) is 4.57. The number of aryl methyl sites for hydroxylation is 2. The summed E-state index contributed by atoms with van der Waals surface area (Å²) in [4.78, 5) is 19.5. The Kier molecular flexibility index (Phi) is 2.91. The van der Waals surface area contributed by atoms with Gasteiger partial charge in [-0.3, -0.25) is 4.79 Å². The van der Waals surface area contributed by atoms with E-state index >= 15 is 0 Å². The molecule has 2 heterocycles. The summed E-state index contributed by atoms with van der Waals surface area (Å²) in [6.45, 7) is 0. The van der Waals surface area contributed by atoms with Crippen LogP contribution in [0.2, 0.25) is 0 Å². The zero-order chi connectivity index (χ0) is 12.5. The lowest BCUT2D eigenvalue weighted by Crippen LogP contribution is -2.16. The second-order valence-electron chi connectivity index (χ2n) is 4.51. The summed E-state index contributed by atoms with van der Waals surface area (Å²) >= 11 is 1.52. The summed E-state index contributed by atoms with van der Waals surface area (Å²) in [6.07, 6.45) is 4.42. The number of fused-ring (bicyclic) bond motifs is 1. The van der Waals surface area contributed by atoms with Crippen molar-refractivity contribution >= 4 is 16.5 Å². The smallest absolute Gasteiger partial charge is 0.257 e. The van der Waals surface area contributed by atoms with E-state index in [0.29, 0.717) is 5.56 Å². The van der Waals surface area contributed by atoms with Gasteiger partial charge in [0.05, 0.1) is 11.3 Å². The van der Waals surface area contributed by atoms with Gasteiger partial charge < -0.3 is 10.3 Å². The van der Waals surface area contributed by atoms with Crippen molar-refractivity contribution in [3.63, 3.8) is 0 Å². The first-order valence-electron chi connectivity index (χ1n) is 6.16. The highest BCUT2D eigenvalue weighted by Crippen LogP contribution is 2.25. The van der Waals surface area contributed by atoms with E-state index in [2.05, 4.69) is 15.3 Å². The van der Waals surface area contributed by atoms with E-state index in [-0.39, 0.29) is 5.56 Å². The van der Waals surface area contributed by atoms with Crippen molar-refractivity contribution in [1.82, 2.24) is 9.97 Å². The van der Waals surface area contributed by atoms with Gasteiger partial charge in [-0.2, -0.15) is 0 Å². The Labute approximate surface area is 109 Å². The zero-order valence-electron chi connectivity index (χ0n) is 10.2. The predicted molar refractivity (Wildman–Crippen MR) is 74.4 cm³/mol. The monoisotopic (exact) mass is 261 g/mol. The molecular formula is C13H15N3OS. The van der Waals surface area contributed by atoms with Crippen LogP contribution >= 0.6 is 11.3 Å². The van der Waals surface area contributed by atoms with Crippen molar-refractivity contribution in [2.24, 2.45) is 0 Å². The molecule has 0 spiro atoms. The first kappa shape index (κ1) is 11.5. The number of H-pyrrole nitrogens is 1. The average Bonchev–Trinajstić information content (AvgIpc) is 2.86. The van der Waals surface area contributed by atoms with Crippen LogP contribution in [-0.4, -0.2) is 17.0 Å². The number of nitrogens with zero attached hydrogens (tertiary/aromatic N) is 1. The molecule has 2 aromatic rings. The fraction of sp³-hybridized carbons (Fsp3) is 0.385. The molecule has 0 radical (unpaired) electrons. The maximum atomic E-state index is 12.1. The van der Waals surface area contributed by atoms with Crippen LogP contribution in [0.4, 0.5) is 5.13 Å². The first-order valence-corrected chi connectivity index (χ1v) is 7.04. The first-order chi connectivity index (χ1) is 8.78. The number of pyridine rings is 1. The third-order valence-electron chi connectivity index (χ3n) is 3.33. The van der Waals surface area contributed by atoms with E-state index in [1.807, 2.05) is 18.5 Å². The van der Waals surface area contributed by atoms with Gasteiger partial charge in [-0.25, -0.2) is 4.98 Å². The van der Waals surface area contributed by atoms with Crippen LogP contribution in [0.1, 0.15) is 24.1 Å². The molecule has 1 aliphatic carbocycles. The lowest BCUT2D eigenvalue weighted by atomic mass is 9.94. The predicted octanol–water partition coefficient (Wildman–Crippen LogP) is 2.42. The molecule has 0 saturated carbocycles. The lowest BCUT2D eigenvalue weighted by Gasteiger charge is -2.15. The summed E-state index contributed by atoms with van der Waals surface area (Å²) in [7, 11) is 1.83. The molecule has 0 saturated heterocycles. The summed E-state index contributed by atoms with van der Waals surface area (Å²) < 4.78 is 0. The fourth-order valence-corrected chi connectivity index (χ4v) is 3.05. The van der Waals surface area contributed by atoms with Gasteiger partial charge in [0.1, 0.15) is 0 Å². The molecule has 0 unspecified atom stereocenters. The molecule has 2 N–H and O–H groups in total. The van der Waals surface area contributed by atoms with Gasteiger partial charge in [0.25, 0.3) is 5.56 Å². The van der Waals surface area contributed by atoms with Crippen molar-refractivity contribution in [3.8, 4) is 11.3 Å². The van der Waals surface area contributed by atoms with Gasteiger partial charge in [0.2, 0.25) is 0 Å². The molecule has 94 valence electrons. The van der Waals surface area contributed by atoms with Gasteiger partial charge in [0.15, 0.2) is 5.13 Å². The molecule has 0 aliphatic heterocycles. The summed E-state index contributed by atoms with van der Waals surface area (Å²) in [5, 5.41) is 5.75. The number of aromatic nitrogens is 2. The molecule has 18 heavy (non-hydrogen) atoms. The zero-order valence-corrected chi connectivity index (χ0v) is 11.1. The third-order valence-corrected chi connectivity index (χ3v) is 4.19. The largest absolute Gasteiger partial charge is 0.365 e.